The van der Waals surface area contributed by atoms with Gasteiger partial charge in [0.05, 0.1) is 17.0 Å². The quantitative estimate of drug-likeness (QED) is 0.678. The Labute approximate surface area is 181 Å². The molecule has 2 N–H and O–H groups in total. The summed E-state index contributed by atoms with van der Waals surface area (Å²) in [5.41, 5.74) is 1.39. The van der Waals surface area contributed by atoms with Crippen LogP contribution in [0.4, 0.5) is 5.69 Å². The molecule has 30 heavy (non-hydrogen) atoms. The van der Waals surface area contributed by atoms with Crippen molar-refractivity contribution in [2.75, 3.05) is 18.4 Å². The van der Waals surface area contributed by atoms with Gasteiger partial charge < -0.3 is 10.2 Å². The lowest BCUT2D eigenvalue weighted by Gasteiger charge is -2.25. The Morgan fingerprint density at radius 2 is 1.93 bits per heavy atom. The predicted molar refractivity (Wildman–Crippen MR) is 116 cm³/mol. The van der Waals surface area contributed by atoms with Gasteiger partial charge in [-0.25, -0.2) is 13.1 Å². The Kier molecular flexibility index (Phi) is 6.80. The van der Waals surface area contributed by atoms with Crippen molar-refractivity contribution in [3.05, 3.63) is 59.1 Å². The van der Waals surface area contributed by atoms with Crippen LogP contribution in [0.5, 0.6) is 0 Å². The molecule has 160 valence electrons. The smallest absolute Gasteiger partial charge is 0.242 e. The highest BCUT2D eigenvalue weighted by Crippen LogP contribution is 2.30. The van der Waals surface area contributed by atoms with E-state index >= 15 is 0 Å². The van der Waals surface area contributed by atoms with Crippen molar-refractivity contribution in [1.29, 1.82) is 0 Å². The zero-order valence-corrected chi connectivity index (χ0v) is 18.3. The van der Waals surface area contributed by atoms with Crippen molar-refractivity contribution in [3.8, 4) is 0 Å². The highest BCUT2D eigenvalue weighted by molar-refractivity contribution is 7.89. The van der Waals surface area contributed by atoms with E-state index in [9.17, 15) is 18.0 Å². The number of benzene rings is 2. The number of hydrogen-bond acceptors (Lipinski definition) is 4. The zero-order valence-electron chi connectivity index (χ0n) is 16.8. The third-order valence-electron chi connectivity index (χ3n) is 5.10. The van der Waals surface area contributed by atoms with Crippen molar-refractivity contribution < 1.29 is 18.0 Å². The van der Waals surface area contributed by atoms with E-state index in [2.05, 4.69) is 10.0 Å². The largest absolute Gasteiger partial charge is 0.335 e. The average molecular weight is 450 g/mol. The molecule has 7 nitrogen and oxygen atoms in total. The minimum absolute atomic E-state index is 0.00979. The lowest BCUT2D eigenvalue weighted by molar-refractivity contribution is -0.129. The molecule has 3 rings (SSSR count). The summed E-state index contributed by atoms with van der Waals surface area (Å²) in [5, 5.41) is 2.75. The van der Waals surface area contributed by atoms with Crippen LogP contribution in [0.1, 0.15) is 31.9 Å². The highest BCUT2D eigenvalue weighted by atomic mass is 35.5. The number of likely N-dealkylation sites (tertiary alicyclic amines) is 1. The number of carbonyl (C=O) groups is 2. The third kappa shape index (κ3) is 4.83. The Morgan fingerprint density at radius 3 is 2.57 bits per heavy atom. The lowest BCUT2D eigenvalue weighted by Crippen LogP contribution is -2.30. The van der Waals surface area contributed by atoms with Gasteiger partial charge in [0, 0.05) is 25.2 Å². The fourth-order valence-corrected chi connectivity index (χ4v) is 5.09. The maximum atomic E-state index is 12.7. The van der Waals surface area contributed by atoms with Gasteiger partial charge >= 0.3 is 0 Å². The summed E-state index contributed by atoms with van der Waals surface area (Å²) in [5.74, 6) is -0.867. The van der Waals surface area contributed by atoms with E-state index in [1.54, 1.807) is 11.8 Å². The molecule has 2 aromatic carbocycles. The van der Waals surface area contributed by atoms with E-state index in [0.717, 1.165) is 5.56 Å². The number of nitrogens with one attached hydrogen (secondary N) is 2. The molecule has 1 saturated heterocycles. The Morgan fingerprint density at radius 1 is 1.23 bits per heavy atom. The van der Waals surface area contributed by atoms with Gasteiger partial charge in [-0.3, -0.25) is 9.59 Å². The van der Waals surface area contributed by atoms with E-state index in [-0.39, 0.29) is 40.7 Å². The van der Waals surface area contributed by atoms with Gasteiger partial charge in [-0.05, 0) is 30.7 Å². The van der Waals surface area contributed by atoms with Crippen molar-refractivity contribution >= 4 is 39.1 Å². The summed E-state index contributed by atoms with van der Waals surface area (Å²) in [7, 11) is -3.70. The summed E-state index contributed by atoms with van der Waals surface area (Å²) >= 11 is 6.12. The molecule has 0 bridgehead atoms. The zero-order chi connectivity index (χ0) is 21.9. The van der Waals surface area contributed by atoms with Crippen LogP contribution in [0, 0.1) is 5.92 Å². The molecule has 0 spiro atoms. The number of amides is 2. The number of carbonyl (C=O) groups excluding carboxylic acids is 2. The predicted octanol–water partition coefficient (Wildman–Crippen LogP) is 3.19. The van der Waals surface area contributed by atoms with Gasteiger partial charge in [0.1, 0.15) is 4.90 Å². The number of anilines is 1. The van der Waals surface area contributed by atoms with Crippen molar-refractivity contribution in [2.45, 2.75) is 31.2 Å². The van der Waals surface area contributed by atoms with Crippen molar-refractivity contribution in [1.82, 2.24) is 9.62 Å². The first-order chi connectivity index (χ1) is 14.2. The molecule has 2 aromatic rings. The first kappa shape index (κ1) is 22.3. The number of nitrogens with zero attached hydrogens (tertiary/aromatic N) is 1. The maximum absolute atomic E-state index is 12.7. The van der Waals surface area contributed by atoms with Gasteiger partial charge in [-0.2, -0.15) is 0 Å². The second-order valence-corrected chi connectivity index (χ2v) is 9.31. The fraction of sp³-hybridized carbons (Fsp3) is 0.333. The van der Waals surface area contributed by atoms with Crippen LogP contribution in [-0.4, -0.2) is 38.2 Å². The van der Waals surface area contributed by atoms with Crippen LogP contribution in [0.2, 0.25) is 5.02 Å². The summed E-state index contributed by atoms with van der Waals surface area (Å²) < 4.78 is 26.6. The molecule has 0 aromatic heterocycles. The number of hydrogen-bond donors (Lipinski definition) is 2. The van der Waals surface area contributed by atoms with Gasteiger partial charge in [0.25, 0.3) is 0 Å². The lowest BCUT2D eigenvalue weighted by atomic mass is 10.1. The van der Waals surface area contributed by atoms with E-state index in [4.69, 9.17) is 11.6 Å². The minimum atomic E-state index is -3.70. The van der Waals surface area contributed by atoms with E-state index < -0.39 is 15.9 Å². The molecule has 0 radical (unpaired) electrons. The average Bonchev–Trinajstić information content (AvgIpc) is 3.09. The highest BCUT2D eigenvalue weighted by Gasteiger charge is 2.37. The van der Waals surface area contributed by atoms with Gasteiger partial charge in [0.2, 0.25) is 21.8 Å². The van der Waals surface area contributed by atoms with Crippen LogP contribution in [-0.2, 0) is 19.6 Å². The standard InChI is InChI=1S/C21H24ClN3O4S/c1-3-23-30(28,29)19-10-9-17(12-18(19)22)24-21(27)16-11-20(26)25(13-16)14(2)15-7-5-4-6-8-15/h4-10,12,14,16,23H,3,11,13H2,1-2H3,(H,24,27). The monoisotopic (exact) mass is 449 g/mol. The molecule has 2 amide bonds. The van der Waals surface area contributed by atoms with Crippen LogP contribution in [0.3, 0.4) is 0 Å². The Bertz CT molecular complexity index is 1040. The third-order valence-corrected chi connectivity index (χ3v) is 7.13. The molecule has 0 aliphatic carbocycles. The van der Waals surface area contributed by atoms with Gasteiger partial charge in [0.15, 0.2) is 0 Å². The Hall–Kier alpha value is -2.42. The van der Waals surface area contributed by atoms with Crippen LogP contribution in [0.15, 0.2) is 53.4 Å². The normalized spacial score (nSPS) is 17.8. The van der Waals surface area contributed by atoms with E-state index in [1.165, 1.54) is 18.2 Å². The second kappa shape index (κ2) is 9.16. The fourth-order valence-electron chi connectivity index (χ4n) is 3.50. The molecule has 1 aliphatic rings. The SMILES string of the molecule is CCNS(=O)(=O)c1ccc(NC(=O)C2CC(=O)N(C(C)c3ccccc3)C2)cc1Cl. The molecule has 0 saturated carbocycles. The van der Waals surface area contributed by atoms with Crippen LogP contribution in [0.25, 0.3) is 0 Å². The van der Waals surface area contributed by atoms with Crippen molar-refractivity contribution in [2.24, 2.45) is 5.92 Å². The summed E-state index contributed by atoms with van der Waals surface area (Å²) in [6.45, 7) is 4.17. The second-order valence-electron chi connectivity index (χ2n) is 7.17. The van der Waals surface area contributed by atoms with E-state index in [0.29, 0.717) is 12.2 Å². The number of halogens is 1. The van der Waals surface area contributed by atoms with Crippen LogP contribution >= 0.6 is 11.6 Å². The molecule has 2 atom stereocenters. The first-order valence-corrected chi connectivity index (χ1v) is 11.5. The van der Waals surface area contributed by atoms with Crippen molar-refractivity contribution in [3.63, 3.8) is 0 Å². The molecule has 9 heteroatoms. The Balaban J connectivity index is 1.68. The number of rotatable bonds is 7. The summed E-state index contributed by atoms with van der Waals surface area (Å²) in [6.07, 6.45) is 0.129. The molecular formula is C21H24ClN3O4S. The van der Waals surface area contributed by atoms with Gasteiger partial charge in [-0.15, -0.1) is 0 Å². The minimum Gasteiger partial charge on any atom is -0.335 e. The first-order valence-electron chi connectivity index (χ1n) is 9.67. The summed E-state index contributed by atoms with van der Waals surface area (Å²) in [6, 6.07) is 13.8. The number of sulfonamides is 1. The topological polar surface area (TPSA) is 95.6 Å². The molecular weight excluding hydrogens is 426 g/mol. The molecule has 1 heterocycles. The van der Waals surface area contributed by atoms with Gasteiger partial charge in [-0.1, -0.05) is 48.9 Å². The maximum Gasteiger partial charge on any atom is 0.242 e. The van der Waals surface area contributed by atoms with Crippen LogP contribution < -0.4 is 10.0 Å². The molecule has 1 fully saturated rings. The summed E-state index contributed by atoms with van der Waals surface area (Å²) in [4.78, 5) is 26.8. The molecule has 2 unspecified atom stereocenters. The van der Waals surface area contributed by atoms with E-state index in [1.807, 2.05) is 37.3 Å². The molecule has 1 aliphatic heterocycles.